The average Bonchev–Trinajstić information content (AvgIpc) is 2.84. The van der Waals surface area contributed by atoms with Crippen LogP contribution in [0.5, 0.6) is 0 Å². The van der Waals surface area contributed by atoms with Crippen molar-refractivity contribution < 1.29 is 0 Å². The van der Waals surface area contributed by atoms with Crippen molar-refractivity contribution in [2.24, 2.45) is 5.92 Å². The number of hydrogen-bond donors (Lipinski definition) is 1. The standard InChI is InChI=1S/C12H20ClN3S/c1-8(2)16-5-4-9(6-14-3)11(16)12-15-7-10(13)17-12/h7-9,11,14H,4-6H2,1-3H3. The van der Waals surface area contributed by atoms with E-state index in [1.165, 1.54) is 11.4 Å². The van der Waals surface area contributed by atoms with Gasteiger partial charge in [-0.3, -0.25) is 4.90 Å². The van der Waals surface area contributed by atoms with Gasteiger partial charge in [0.15, 0.2) is 0 Å². The van der Waals surface area contributed by atoms with Crippen molar-refractivity contribution >= 4 is 22.9 Å². The zero-order chi connectivity index (χ0) is 12.4. The first kappa shape index (κ1) is 13.3. The van der Waals surface area contributed by atoms with Crippen LogP contribution in [0.4, 0.5) is 0 Å². The summed E-state index contributed by atoms with van der Waals surface area (Å²) in [6.07, 6.45) is 3.01. The van der Waals surface area contributed by atoms with Crippen LogP contribution >= 0.6 is 22.9 Å². The monoisotopic (exact) mass is 273 g/mol. The van der Waals surface area contributed by atoms with Crippen molar-refractivity contribution in [3.8, 4) is 0 Å². The summed E-state index contributed by atoms with van der Waals surface area (Å²) in [6.45, 7) is 6.71. The molecule has 0 saturated carbocycles. The van der Waals surface area contributed by atoms with E-state index in [0.29, 0.717) is 18.0 Å². The molecule has 1 fully saturated rings. The van der Waals surface area contributed by atoms with Gasteiger partial charge in [-0.1, -0.05) is 11.6 Å². The third-order valence-electron chi connectivity index (χ3n) is 3.44. The minimum absolute atomic E-state index is 0.431. The first-order valence-corrected chi connectivity index (χ1v) is 7.34. The van der Waals surface area contributed by atoms with Gasteiger partial charge in [0.05, 0.1) is 12.2 Å². The molecule has 3 nitrogen and oxygen atoms in total. The second kappa shape index (κ2) is 5.65. The van der Waals surface area contributed by atoms with Gasteiger partial charge in [0, 0.05) is 6.04 Å². The fraction of sp³-hybridized carbons (Fsp3) is 0.750. The highest BCUT2D eigenvalue weighted by Gasteiger charge is 2.37. The van der Waals surface area contributed by atoms with Crippen LogP contribution in [-0.2, 0) is 0 Å². The van der Waals surface area contributed by atoms with Crippen molar-refractivity contribution in [2.75, 3.05) is 20.1 Å². The third-order valence-corrected chi connectivity index (χ3v) is 4.63. The minimum Gasteiger partial charge on any atom is -0.319 e. The lowest BCUT2D eigenvalue weighted by Gasteiger charge is -2.29. The smallest absolute Gasteiger partial charge is 0.113 e. The van der Waals surface area contributed by atoms with Crippen LogP contribution in [-0.4, -0.2) is 36.1 Å². The van der Waals surface area contributed by atoms with Crippen molar-refractivity contribution in [3.63, 3.8) is 0 Å². The quantitative estimate of drug-likeness (QED) is 0.914. The molecule has 5 heteroatoms. The fourth-order valence-corrected chi connectivity index (χ4v) is 3.83. The molecule has 1 saturated heterocycles. The molecule has 96 valence electrons. The van der Waals surface area contributed by atoms with Crippen molar-refractivity contribution in [2.45, 2.75) is 32.4 Å². The Labute approximate surface area is 112 Å². The van der Waals surface area contributed by atoms with Crippen LogP contribution in [0.1, 0.15) is 31.3 Å². The van der Waals surface area contributed by atoms with Gasteiger partial charge in [0.1, 0.15) is 9.34 Å². The maximum Gasteiger partial charge on any atom is 0.113 e. The summed E-state index contributed by atoms with van der Waals surface area (Å²) in [5.74, 6) is 0.643. The first-order valence-electron chi connectivity index (χ1n) is 6.15. The van der Waals surface area contributed by atoms with Crippen molar-refractivity contribution in [1.29, 1.82) is 0 Å². The van der Waals surface area contributed by atoms with Crippen LogP contribution in [0, 0.1) is 5.92 Å². The van der Waals surface area contributed by atoms with E-state index >= 15 is 0 Å². The minimum atomic E-state index is 0.431. The Balaban J connectivity index is 2.22. The van der Waals surface area contributed by atoms with Gasteiger partial charge < -0.3 is 5.32 Å². The highest BCUT2D eigenvalue weighted by Crippen LogP contribution is 2.40. The topological polar surface area (TPSA) is 28.2 Å². The maximum atomic E-state index is 6.01. The normalized spacial score (nSPS) is 25.9. The predicted octanol–water partition coefficient (Wildman–Crippen LogP) is 2.79. The summed E-state index contributed by atoms with van der Waals surface area (Å²) in [6, 6.07) is 0.990. The molecule has 0 radical (unpaired) electrons. The fourth-order valence-electron chi connectivity index (χ4n) is 2.69. The number of likely N-dealkylation sites (tertiary alicyclic amines) is 1. The highest BCUT2D eigenvalue weighted by molar-refractivity contribution is 7.15. The summed E-state index contributed by atoms with van der Waals surface area (Å²) < 4.78 is 0.791. The van der Waals surface area contributed by atoms with Crippen molar-refractivity contribution in [1.82, 2.24) is 15.2 Å². The average molecular weight is 274 g/mol. The molecule has 2 heterocycles. The van der Waals surface area contributed by atoms with Gasteiger partial charge in [0.2, 0.25) is 0 Å². The summed E-state index contributed by atoms with van der Waals surface area (Å²) >= 11 is 7.63. The van der Waals surface area contributed by atoms with Gasteiger partial charge in [-0.05, 0) is 46.3 Å². The molecule has 0 aliphatic carbocycles. The van der Waals surface area contributed by atoms with E-state index in [1.54, 1.807) is 17.5 Å². The molecule has 1 aliphatic heterocycles. The second-order valence-electron chi connectivity index (χ2n) is 4.89. The highest BCUT2D eigenvalue weighted by atomic mass is 35.5. The molecule has 17 heavy (non-hydrogen) atoms. The number of nitrogens with one attached hydrogen (secondary N) is 1. The SMILES string of the molecule is CNCC1CCN(C(C)C)C1c1ncc(Cl)s1. The van der Waals surface area contributed by atoms with Gasteiger partial charge in [-0.15, -0.1) is 11.3 Å². The van der Waals surface area contributed by atoms with E-state index in [0.717, 1.165) is 17.4 Å². The molecule has 1 aromatic rings. The van der Waals surface area contributed by atoms with E-state index in [1.807, 2.05) is 7.05 Å². The van der Waals surface area contributed by atoms with Gasteiger partial charge in [-0.2, -0.15) is 0 Å². The molecule has 1 aromatic heterocycles. The zero-order valence-corrected chi connectivity index (χ0v) is 12.2. The number of nitrogens with zero attached hydrogens (tertiary/aromatic N) is 2. The van der Waals surface area contributed by atoms with Gasteiger partial charge in [0.25, 0.3) is 0 Å². The molecule has 0 aromatic carbocycles. The van der Waals surface area contributed by atoms with E-state index in [-0.39, 0.29) is 0 Å². The van der Waals surface area contributed by atoms with Crippen LogP contribution in [0.3, 0.4) is 0 Å². The first-order chi connectivity index (χ1) is 8.13. The molecule has 1 aliphatic rings. The molecule has 2 unspecified atom stereocenters. The Hall–Kier alpha value is -0.160. The van der Waals surface area contributed by atoms with E-state index < -0.39 is 0 Å². The van der Waals surface area contributed by atoms with Gasteiger partial charge in [-0.25, -0.2) is 4.98 Å². The third kappa shape index (κ3) is 2.81. The maximum absolute atomic E-state index is 6.01. The molecule has 0 spiro atoms. The number of rotatable bonds is 4. The predicted molar refractivity (Wildman–Crippen MR) is 73.7 cm³/mol. The van der Waals surface area contributed by atoms with E-state index in [9.17, 15) is 0 Å². The number of hydrogen-bond acceptors (Lipinski definition) is 4. The van der Waals surface area contributed by atoms with Crippen LogP contribution in [0.25, 0.3) is 0 Å². The van der Waals surface area contributed by atoms with E-state index in [2.05, 4.69) is 29.0 Å². The molecule has 0 amide bonds. The largest absolute Gasteiger partial charge is 0.319 e. The Morgan fingerprint density at radius 3 is 2.94 bits per heavy atom. The Bertz CT molecular complexity index is 366. The molecule has 2 atom stereocenters. The Morgan fingerprint density at radius 1 is 1.65 bits per heavy atom. The van der Waals surface area contributed by atoms with E-state index in [4.69, 9.17) is 11.6 Å². The molecule has 0 bridgehead atoms. The van der Waals surface area contributed by atoms with Crippen LogP contribution in [0.2, 0.25) is 4.34 Å². The Morgan fingerprint density at radius 2 is 2.41 bits per heavy atom. The summed E-state index contributed by atoms with van der Waals surface area (Å²) in [5, 5.41) is 4.46. The molecule has 2 rings (SSSR count). The molecule has 1 N–H and O–H groups in total. The lowest BCUT2D eigenvalue weighted by atomic mass is 10.0. The summed E-state index contributed by atoms with van der Waals surface area (Å²) in [4.78, 5) is 7.02. The lowest BCUT2D eigenvalue weighted by Crippen LogP contribution is -2.33. The number of aromatic nitrogens is 1. The zero-order valence-electron chi connectivity index (χ0n) is 10.6. The summed E-state index contributed by atoms with van der Waals surface area (Å²) in [7, 11) is 2.02. The number of thiazole rings is 1. The van der Waals surface area contributed by atoms with Crippen LogP contribution in [0.15, 0.2) is 6.20 Å². The second-order valence-corrected chi connectivity index (χ2v) is 6.58. The lowest BCUT2D eigenvalue weighted by molar-refractivity contribution is 0.182. The molecular formula is C12H20ClN3S. The van der Waals surface area contributed by atoms with Crippen LogP contribution < -0.4 is 5.32 Å². The summed E-state index contributed by atoms with van der Waals surface area (Å²) in [5.41, 5.74) is 0. The van der Waals surface area contributed by atoms with Gasteiger partial charge >= 0.3 is 0 Å². The number of halogens is 1. The molecular weight excluding hydrogens is 254 g/mol. The van der Waals surface area contributed by atoms with Crippen molar-refractivity contribution in [3.05, 3.63) is 15.5 Å². The Kier molecular flexibility index (Phi) is 4.42.